The fourth-order valence-electron chi connectivity index (χ4n) is 7.47. The van der Waals surface area contributed by atoms with E-state index in [1.54, 1.807) is 0 Å². The second-order valence-corrected chi connectivity index (χ2v) is 17.0. The Bertz CT molecular complexity index is 1580. The standard InChI is InChI=1S/C40H48O11Se/c1-39(2)48-31-29(46-38-35(33(31)49-39)50-40(3,4)51-38)24-44-37-34(41-20-21-52-27-18-12-7-13-19-27)32(42-22-25-14-8-5-9-15-25)30-28(45-37)23-43-36(47-30)26-16-10-6-11-17-26/h5-19,28-38H,20-24H2,1-4H3/t28-,29-,30-,31+,32+,33+,34-,35-,36?,37?,38?/m1/s1. The third kappa shape index (κ3) is 8.35. The molecule has 3 unspecified atom stereocenters. The molecule has 5 aliphatic heterocycles. The molecule has 12 heteroatoms. The van der Waals surface area contributed by atoms with Crippen molar-refractivity contribution < 1.29 is 52.1 Å². The van der Waals surface area contributed by atoms with Gasteiger partial charge in [-0.2, -0.15) is 0 Å². The van der Waals surface area contributed by atoms with Crippen LogP contribution in [0.4, 0.5) is 0 Å². The van der Waals surface area contributed by atoms with Gasteiger partial charge in [-0.05, 0) is 13.8 Å². The molecule has 52 heavy (non-hydrogen) atoms. The van der Waals surface area contributed by atoms with Crippen molar-refractivity contribution in [3.05, 3.63) is 102 Å². The minimum absolute atomic E-state index is 0.128. The Balaban J connectivity index is 1.04. The molecule has 0 radical (unpaired) electrons. The maximum atomic E-state index is 6.78. The first-order valence-corrected chi connectivity index (χ1v) is 20.2. The number of hydrogen-bond donors (Lipinski definition) is 0. The monoisotopic (exact) mass is 784 g/mol. The van der Waals surface area contributed by atoms with Gasteiger partial charge in [0.2, 0.25) is 0 Å². The number of fused-ring (bicyclic) bond motifs is 4. The van der Waals surface area contributed by atoms with Gasteiger partial charge < -0.3 is 0 Å². The first kappa shape index (κ1) is 36.7. The van der Waals surface area contributed by atoms with Crippen LogP contribution in [-0.4, -0.2) is 108 Å². The number of benzene rings is 3. The van der Waals surface area contributed by atoms with Crippen LogP contribution in [-0.2, 0) is 58.7 Å². The van der Waals surface area contributed by atoms with Crippen LogP contribution >= 0.6 is 0 Å². The average molecular weight is 784 g/mol. The first-order chi connectivity index (χ1) is 25.2. The van der Waals surface area contributed by atoms with Crippen molar-refractivity contribution in [1.29, 1.82) is 0 Å². The molecule has 3 aromatic carbocycles. The molecule has 0 spiro atoms. The Hall–Kier alpha value is -2.26. The van der Waals surface area contributed by atoms with Crippen LogP contribution in [0.15, 0.2) is 91.0 Å². The van der Waals surface area contributed by atoms with E-state index >= 15 is 0 Å². The van der Waals surface area contributed by atoms with Crippen LogP contribution in [0, 0.1) is 0 Å². The molecule has 0 N–H and O–H groups in total. The van der Waals surface area contributed by atoms with Crippen LogP contribution in [0.3, 0.4) is 0 Å². The van der Waals surface area contributed by atoms with Crippen molar-refractivity contribution in [2.24, 2.45) is 0 Å². The molecule has 11 nitrogen and oxygen atoms in total. The zero-order valence-electron chi connectivity index (χ0n) is 29.9. The zero-order valence-corrected chi connectivity index (χ0v) is 31.7. The van der Waals surface area contributed by atoms with Gasteiger partial charge in [0.25, 0.3) is 0 Å². The molecule has 8 rings (SSSR count). The molecular weight excluding hydrogens is 735 g/mol. The summed E-state index contributed by atoms with van der Waals surface area (Å²) in [4.78, 5) is 0. The minimum atomic E-state index is -0.828. The fraction of sp³-hybridized carbons (Fsp3) is 0.550. The van der Waals surface area contributed by atoms with E-state index in [4.69, 9.17) is 52.1 Å². The summed E-state index contributed by atoms with van der Waals surface area (Å²) in [5.41, 5.74) is 1.97. The summed E-state index contributed by atoms with van der Waals surface area (Å²) in [5, 5.41) is 0.863. The number of rotatable bonds is 12. The summed E-state index contributed by atoms with van der Waals surface area (Å²) in [7, 11) is 0. The van der Waals surface area contributed by atoms with E-state index in [1.165, 1.54) is 4.46 Å². The van der Waals surface area contributed by atoms with Crippen molar-refractivity contribution in [3.8, 4) is 0 Å². The second kappa shape index (κ2) is 15.8. The van der Waals surface area contributed by atoms with Crippen LogP contribution in [0.25, 0.3) is 0 Å². The molecule has 3 aromatic rings. The van der Waals surface area contributed by atoms with E-state index in [-0.39, 0.29) is 21.6 Å². The van der Waals surface area contributed by atoms with Gasteiger partial charge in [-0.15, -0.1) is 0 Å². The summed E-state index contributed by atoms with van der Waals surface area (Å²) < 4.78 is 72.7. The predicted octanol–water partition coefficient (Wildman–Crippen LogP) is 4.66. The Morgan fingerprint density at radius 3 is 2.10 bits per heavy atom. The second-order valence-electron chi connectivity index (χ2n) is 14.5. The molecule has 5 aliphatic rings. The third-order valence-corrected chi connectivity index (χ3v) is 11.8. The number of ether oxygens (including phenoxy) is 11. The van der Waals surface area contributed by atoms with Crippen LogP contribution in [0.1, 0.15) is 45.1 Å². The molecular formula is C40H48O11Se. The summed E-state index contributed by atoms with van der Waals surface area (Å²) in [6.07, 6.45) is -5.96. The van der Waals surface area contributed by atoms with Gasteiger partial charge in [-0.1, -0.05) is 0 Å². The van der Waals surface area contributed by atoms with Crippen molar-refractivity contribution >= 4 is 19.4 Å². The molecule has 5 heterocycles. The van der Waals surface area contributed by atoms with Gasteiger partial charge in [0.15, 0.2) is 0 Å². The molecule has 11 atom stereocenters. The van der Waals surface area contributed by atoms with Gasteiger partial charge in [0.05, 0.1) is 0 Å². The Morgan fingerprint density at radius 2 is 1.33 bits per heavy atom. The van der Waals surface area contributed by atoms with Crippen molar-refractivity contribution in [1.82, 2.24) is 0 Å². The first-order valence-electron chi connectivity index (χ1n) is 18.1. The average Bonchev–Trinajstić information content (AvgIpc) is 3.66. The SMILES string of the molecule is CC1(C)O[C@@H]2[C@H](O1)[C@H]1OC(C)(C)OC1O[C@@H]2COC1O[C@@H]2COC(c3ccccc3)O[C@H]2[C@H](OCc2ccccc2)[C@H]1OCC[Se]c1ccccc1. The normalized spacial score (nSPS) is 36.1. The quantitative estimate of drug-likeness (QED) is 0.190. The fourth-order valence-corrected chi connectivity index (χ4v) is 9.08. The van der Waals surface area contributed by atoms with E-state index in [9.17, 15) is 0 Å². The molecule has 0 amide bonds. The number of hydrogen-bond acceptors (Lipinski definition) is 11. The third-order valence-electron chi connectivity index (χ3n) is 9.72. The molecule has 5 saturated heterocycles. The van der Waals surface area contributed by atoms with E-state index < -0.39 is 79.3 Å². The van der Waals surface area contributed by atoms with Gasteiger partial charge in [-0.25, -0.2) is 0 Å². The van der Waals surface area contributed by atoms with Crippen molar-refractivity contribution in [2.75, 3.05) is 19.8 Å². The Labute approximate surface area is 311 Å². The maximum absolute atomic E-state index is 6.78. The Morgan fingerprint density at radius 1 is 0.654 bits per heavy atom. The molecule has 280 valence electrons. The summed E-state index contributed by atoms with van der Waals surface area (Å²) in [5.74, 6) is -1.65. The Kier molecular flexibility index (Phi) is 11.2. The van der Waals surface area contributed by atoms with Gasteiger partial charge in [-0.3, -0.25) is 0 Å². The summed E-state index contributed by atoms with van der Waals surface area (Å²) in [6.45, 7) is 8.80. The van der Waals surface area contributed by atoms with E-state index in [2.05, 4.69) is 24.3 Å². The molecule has 0 saturated carbocycles. The topological polar surface area (TPSA) is 102 Å². The van der Waals surface area contributed by atoms with Crippen molar-refractivity contribution in [2.45, 2.75) is 119 Å². The van der Waals surface area contributed by atoms with E-state index in [0.29, 0.717) is 19.8 Å². The summed E-state index contributed by atoms with van der Waals surface area (Å²) in [6, 6.07) is 30.5. The summed E-state index contributed by atoms with van der Waals surface area (Å²) >= 11 is 0.231. The van der Waals surface area contributed by atoms with E-state index in [0.717, 1.165) is 16.4 Å². The van der Waals surface area contributed by atoms with Crippen LogP contribution in [0.5, 0.6) is 0 Å². The van der Waals surface area contributed by atoms with E-state index in [1.807, 2.05) is 94.4 Å². The van der Waals surface area contributed by atoms with Crippen LogP contribution in [0.2, 0.25) is 5.32 Å². The zero-order chi connectivity index (χ0) is 35.7. The molecule has 0 bridgehead atoms. The van der Waals surface area contributed by atoms with Gasteiger partial charge in [0, 0.05) is 0 Å². The van der Waals surface area contributed by atoms with Gasteiger partial charge in [0.1, 0.15) is 0 Å². The predicted molar refractivity (Wildman–Crippen MR) is 189 cm³/mol. The van der Waals surface area contributed by atoms with Crippen LogP contribution < -0.4 is 4.46 Å². The molecule has 0 aromatic heterocycles. The molecule has 5 fully saturated rings. The van der Waals surface area contributed by atoms with Crippen molar-refractivity contribution in [3.63, 3.8) is 0 Å². The van der Waals surface area contributed by atoms with Gasteiger partial charge >= 0.3 is 299 Å². The molecule has 0 aliphatic carbocycles.